The first kappa shape index (κ1) is 17.5. The van der Waals surface area contributed by atoms with Gasteiger partial charge in [-0.3, -0.25) is 9.59 Å². The molecular formula is C20H21ClN2O2. The summed E-state index contributed by atoms with van der Waals surface area (Å²) in [4.78, 5) is 28.7. The zero-order chi connectivity index (χ0) is 17.8. The van der Waals surface area contributed by atoms with Crippen molar-refractivity contribution in [2.75, 3.05) is 26.2 Å². The van der Waals surface area contributed by atoms with Crippen LogP contribution < -0.4 is 0 Å². The summed E-state index contributed by atoms with van der Waals surface area (Å²) in [6.45, 7) is 4.20. The summed E-state index contributed by atoms with van der Waals surface area (Å²) in [5.41, 5.74) is 2.63. The van der Waals surface area contributed by atoms with Crippen LogP contribution in [-0.2, 0) is 11.2 Å². The number of hydrogen-bond donors (Lipinski definition) is 0. The summed E-state index contributed by atoms with van der Waals surface area (Å²) in [5, 5.41) is 0.638. The molecule has 0 N–H and O–H groups in total. The first-order valence-corrected chi connectivity index (χ1v) is 8.79. The highest BCUT2D eigenvalue weighted by Gasteiger charge is 2.25. The molecule has 1 heterocycles. The van der Waals surface area contributed by atoms with Crippen molar-refractivity contribution < 1.29 is 9.59 Å². The molecule has 5 heteroatoms. The van der Waals surface area contributed by atoms with Gasteiger partial charge in [0.2, 0.25) is 5.91 Å². The summed E-state index contributed by atoms with van der Waals surface area (Å²) in [6.07, 6.45) is 0.340. The van der Waals surface area contributed by atoms with Crippen LogP contribution in [0.1, 0.15) is 21.5 Å². The SMILES string of the molecule is Cc1ccccc1C(=O)N1CCN(C(=O)Cc2cccc(Cl)c2)CC1. The van der Waals surface area contributed by atoms with Gasteiger partial charge in [-0.1, -0.05) is 41.9 Å². The van der Waals surface area contributed by atoms with Gasteiger partial charge >= 0.3 is 0 Å². The van der Waals surface area contributed by atoms with E-state index in [9.17, 15) is 9.59 Å². The van der Waals surface area contributed by atoms with E-state index in [0.717, 1.165) is 16.7 Å². The molecular weight excluding hydrogens is 336 g/mol. The second kappa shape index (κ2) is 7.70. The van der Waals surface area contributed by atoms with Crippen molar-refractivity contribution in [3.05, 3.63) is 70.2 Å². The normalized spacial score (nSPS) is 14.5. The lowest BCUT2D eigenvalue weighted by molar-refractivity contribution is -0.131. The predicted octanol–water partition coefficient (Wildman–Crippen LogP) is 3.18. The van der Waals surface area contributed by atoms with Crippen LogP contribution in [0.5, 0.6) is 0 Å². The Balaban J connectivity index is 1.57. The average molecular weight is 357 g/mol. The van der Waals surface area contributed by atoms with Gasteiger partial charge in [0.1, 0.15) is 0 Å². The van der Waals surface area contributed by atoms with Crippen LogP contribution in [0.15, 0.2) is 48.5 Å². The van der Waals surface area contributed by atoms with Crippen molar-refractivity contribution in [1.29, 1.82) is 0 Å². The van der Waals surface area contributed by atoms with E-state index in [-0.39, 0.29) is 11.8 Å². The minimum Gasteiger partial charge on any atom is -0.339 e. The molecule has 0 atom stereocenters. The third kappa shape index (κ3) is 4.20. The van der Waals surface area contributed by atoms with Crippen LogP contribution in [0, 0.1) is 6.92 Å². The molecule has 0 saturated carbocycles. The molecule has 0 radical (unpaired) electrons. The zero-order valence-corrected chi connectivity index (χ0v) is 15.0. The first-order valence-electron chi connectivity index (χ1n) is 8.42. The van der Waals surface area contributed by atoms with E-state index < -0.39 is 0 Å². The first-order chi connectivity index (χ1) is 12.0. The van der Waals surface area contributed by atoms with E-state index in [1.54, 1.807) is 6.07 Å². The summed E-state index contributed by atoms with van der Waals surface area (Å²) < 4.78 is 0. The number of benzene rings is 2. The molecule has 0 spiro atoms. The Morgan fingerprint density at radius 1 is 0.960 bits per heavy atom. The number of piperazine rings is 1. The molecule has 1 fully saturated rings. The number of hydrogen-bond acceptors (Lipinski definition) is 2. The fraction of sp³-hybridized carbons (Fsp3) is 0.300. The van der Waals surface area contributed by atoms with E-state index in [0.29, 0.717) is 37.6 Å². The van der Waals surface area contributed by atoms with Gasteiger partial charge in [-0.2, -0.15) is 0 Å². The molecule has 0 aromatic heterocycles. The number of carbonyl (C=O) groups excluding carboxylic acids is 2. The lowest BCUT2D eigenvalue weighted by atomic mass is 10.1. The maximum atomic E-state index is 12.6. The van der Waals surface area contributed by atoms with Crippen molar-refractivity contribution in [1.82, 2.24) is 9.80 Å². The number of rotatable bonds is 3. The van der Waals surface area contributed by atoms with E-state index in [1.165, 1.54) is 0 Å². The fourth-order valence-electron chi connectivity index (χ4n) is 3.08. The van der Waals surface area contributed by atoms with E-state index >= 15 is 0 Å². The van der Waals surface area contributed by atoms with Crippen molar-refractivity contribution >= 4 is 23.4 Å². The van der Waals surface area contributed by atoms with E-state index in [4.69, 9.17) is 11.6 Å². The van der Waals surface area contributed by atoms with Crippen molar-refractivity contribution in [2.45, 2.75) is 13.3 Å². The molecule has 1 aliphatic heterocycles. The van der Waals surface area contributed by atoms with Gasteiger partial charge in [-0.15, -0.1) is 0 Å². The average Bonchev–Trinajstić information content (AvgIpc) is 2.62. The maximum Gasteiger partial charge on any atom is 0.254 e. The number of halogens is 1. The molecule has 4 nitrogen and oxygen atoms in total. The molecule has 1 aliphatic rings. The molecule has 1 saturated heterocycles. The van der Waals surface area contributed by atoms with Gasteiger partial charge in [-0.25, -0.2) is 0 Å². The fourth-order valence-corrected chi connectivity index (χ4v) is 3.29. The zero-order valence-electron chi connectivity index (χ0n) is 14.2. The molecule has 2 aromatic carbocycles. The molecule has 2 aromatic rings. The topological polar surface area (TPSA) is 40.6 Å². The van der Waals surface area contributed by atoms with Crippen molar-refractivity contribution in [3.63, 3.8) is 0 Å². The Kier molecular flexibility index (Phi) is 5.39. The molecule has 130 valence electrons. The molecule has 3 rings (SSSR count). The van der Waals surface area contributed by atoms with Crippen molar-refractivity contribution in [2.24, 2.45) is 0 Å². The Morgan fingerprint density at radius 2 is 1.64 bits per heavy atom. The maximum absolute atomic E-state index is 12.6. The summed E-state index contributed by atoms with van der Waals surface area (Å²) in [5.74, 6) is 0.116. The quantitative estimate of drug-likeness (QED) is 0.847. The minimum atomic E-state index is 0.0417. The second-order valence-electron chi connectivity index (χ2n) is 6.29. The smallest absolute Gasteiger partial charge is 0.254 e. The predicted molar refractivity (Wildman–Crippen MR) is 98.8 cm³/mol. The van der Waals surface area contributed by atoms with Crippen LogP contribution in [0.2, 0.25) is 5.02 Å². The van der Waals surface area contributed by atoms with Gasteiger partial charge in [0, 0.05) is 36.8 Å². The highest BCUT2D eigenvalue weighted by Crippen LogP contribution is 2.15. The summed E-state index contributed by atoms with van der Waals surface area (Å²) in [7, 11) is 0. The van der Waals surface area contributed by atoms with Crippen LogP contribution in [-0.4, -0.2) is 47.8 Å². The van der Waals surface area contributed by atoms with Crippen LogP contribution in [0.4, 0.5) is 0 Å². The number of aryl methyl sites for hydroxylation is 1. The van der Waals surface area contributed by atoms with Crippen LogP contribution in [0.3, 0.4) is 0 Å². The molecule has 2 amide bonds. The highest BCUT2D eigenvalue weighted by atomic mass is 35.5. The Labute approximate surface area is 153 Å². The molecule has 0 aliphatic carbocycles. The second-order valence-corrected chi connectivity index (χ2v) is 6.73. The monoisotopic (exact) mass is 356 g/mol. The van der Waals surface area contributed by atoms with Gasteiger partial charge in [0.15, 0.2) is 0 Å². The van der Waals surface area contributed by atoms with Crippen molar-refractivity contribution in [3.8, 4) is 0 Å². The lowest BCUT2D eigenvalue weighted by Crippen LogP contribution is -2.51. The Bertz CT molecular complexity index is 783. The molecule has 0 unspecified atom stereocenters. The third-order valence-electron chi connectivity index (χ3n) is 4.54. The Morgan fingerprint density at radius 3 is 2.32 bits per heavy atom. The van der Waals surface area contributed by atoms with Gasteiger partial charge in [0.25, 0.3) is 5.91 Å². The largest absolute Gasteiger partial charge is 0.339 e. The number of nitrogens with zero attached hydrogens (tertiary/aromatic N) is 2. The van der Waals surface area contributed by atoms with Crippen LogP contribution in [0.25, 0.3) is 0 Å². The Hall–Kier alpha value is -2.33. The highest BCUT2D eigenvalue weighted by molar-refractivity contribution is 6.30. The minimum absolute atomic E-state index is 0.0417. The molecule has 25 heavy (non-hydrogen) atoms. The van der Waals surface area contributed by atoms with Gasteiger partial charge in [0.05, 0.1) is 6.42 Å². The van der Waals surface area contributed by atoms with Crippen LogP contribution >= 0.6 is 11.6 Å². The van der Waals surface area contributed by atoms with E-state index in [1.807, 2.05) is 59.2 Å². The van der Waals surface area contributed by atoms with E-state index in [2.05, 4.69) is 0 Å². The third-order valence-corrected chi connectivity index (χ3v) is 4.77. The summed E-state index contributed by atoms with van der Waals surface area (Å²) >= 11 is 5.97. The van der Waals surface area contributed by atoms with Gasteiger partial charge < -0.3 is 9.80 Å². The lowest BCUT2D eigenvalue weighted by Gasteiger charge is -2.35. The number of amides is 2. The molecule has 0 bridgehead atoms. The number of carbonyl (C=O) groups is 2. The summed E-state index contributed by atoms with van der Waals surface area (Å²) in [6, 6.07) is 15.0. The standard InChI is InChI=1S/C20H21ClN2O2/c1-15-5-2-3-8-18(15)20(25)23-11-9-22(10-12-23)19(24)14-16-6-4-7-17(21)13-16/h2-8,13H,9-12,14H2,1H3. The van der Waals surface area contributed by atoms with Gasteiger partial charge in [-0.05, 0) is 36.2 Å².